The topological polar surface area (TPSA) is 101 Å². The quantitative estimate of drug-likeness (QED) is 0.540. The van der Waals surface area contributed by atoms with Gasteiger partial charge in [0.2, 0.25) is 0 Å². The maximum absolute atomic E-state index is 12.9. The van der Waals surface area contributed by atoms with Crippen LogP contribution in [0.15, 0.2) is 24.3 Å². The molecule has 28 heavy (non-hydrogen) atoms. The minimum Gasteiger partial charge on any atom is -0.465 e. The highest BCUT2D eigenvalue weighted by Gasteiger charge is 2.33. The molecule has 1 aliphatic rings. The number of hydrogen-bond acceptors (Lipinski definition) is 7. The van der Waals surface area contributed by atoms with Crippen LogP contribution in [0, 0.1) is 12.8 Å². The first-order chi connectivity index (χ1) is 13.5. The molecule has 1 aliphatic carbocycles. The molecule has 0 bridgehead atoms. The van der Waals surface area contributed by atoms with E-state index in [4.69, 9.17) is 19.9 Å². The summed E-state index contributed by atoms with van der Waals surface area (Å²) in [4.78, 5) is 30.0. The highest BCUT2D eigenvalue weighted by Crippen LogP contribution is 2.37. The number of pyridine rings is 1. The molecule has 0 amide bonds. The van der Waals surface area contributed by atoms with Gasteiger partial charge in [-0.15, -0.1) is 0 Å². The van der Waals surface area contributed by atoms with Crippen LogP contribution in [0.2, 0.25) is 0 Å². The molecule has 2 N–H and O–H groups in total. The van der Waals surface area contributed by atoms with Crippen molar-refractivity contribution in [2.45, 2.75) is 33.3 Å². The molecule has 2 atom stereocenters. The normalized spacial score (nSPS) is 18.2. The predicted molar refractivity (Wildman–Crippen MR) is 105 cm³/mol. The lowest BCUT2D eigenvalue weighted by molar-refractivity contribution is 0.0515. The van der Waals surface area contributed by atoms with E-state index in [0.717, 1.165) is 0 Å². The largest absolute Gasteiger partial charge is 0.465 e. The summed E-state index contributed by atoms with van der Waals surface area (Å²) in [7, 11) is 1.31. The molecule has 152 valence electrons. The van der Waals surface area contributed by atoms with Crippen molar-refractivity contribution in [1.82, 2.24) is 4.98 Å². The van der Waals surface area contributed by atoms with Crippen LogP contribution in [0.4, 0.5) is 0 Å². The summed E-state index contributed by atoms with van der Waals surface area (Å²) in [5.74, 6) is -1.19. The Morgan fingerprint density at radius 3 is 2.50 bits per heavy atom. The van der Waals surface area contributed by atoms with Crippen LogP contribution in [0.5, 0.6) is 0 Å². The third kappa shape index (κ3) is 4.66. The molecule has 0 saturated carbocycles. The second-order valence-corrected chi connectivity index (χ2v) is 6.52. The van der Waals surface area contributed by atoms with Gasteiger partial charge in [-0.3, -0.25) is 4.98 Å². The zero-order valence-electron chi connectivity index (χ0n) is 16.9. The molecule has 0 aliphatic heterocycles. The summed E-state index contributed by atoms with van der Waals surface area (Å²) >= 11 is 0. The van der Waals surface area contributed by atoms with Crippen molar-refractivity contribution in [1.29, 1.82) is 0 Å². The molecule has 7 nitrogen and oxygen atoms in total. The Bertz CT molecular complexity index is 785. The summed E-state index contributed by atoms with van der Waals surface area (Å²) in [6, 6.07) is 0. The molecule has 7 heteroatoms. The number of allylic oxidation sites excluding steroid dienone is 4. The Morgan fingerprint density at radius 2 is 1.89 bits per heavy atom. The van der Waals surface area contributed by atoms with E-state index in [9.17, 15) is 9.59 Å². The minimum absolute atomic E-state index is 0.0705. The number of rotatable bonds is 8. The average Bonchev–Trinajstić information content (AvgIpc) is 2.67. The first-order valence-electron chi connectivity index (χ1n) is 9.37. The van der Waals surface area contributed by atoms with Gasteiger partial charge in [-0.2, -0.15) is 0 Å². The first kappa shape index (κ1) is 21.8. The van der Waals surface area contributed by atoms with Crippen molar-refractivity contribution >= 4 is 11.9 Å². The summed E-state index contributed by atoms with van der Waals surface area (Å²) in [5, 5.41) is 0. The lowest BCUT2D eigenvalue weighted by atomic mass is 9.79. The highest BCUT2D eigenvalue weighted by molar-refractivity contribution is 6.00. The Morgan fingerprint density at radius 1 is 1.18 bits per heavy atom. The van der Waals surface area contributed by atoms with Gasteiger partial charge in [0.1, 0.15) is 0 Å². The van der Waals surface area contributed by atoms with E-state index < -0.39 is 11.9 Å². The fourth-order valence-corrected chi connectivity index (χ4v) is 3.35. The number of hydrogen-bond donors (Lipinski definition) is 1. The summed E-state index contributed by atoms with van der Waals surface area (Å²) in [6.45, 7) is 6.48. The Balaban J connectivity index is 2.75. The molecule has 1 aromatic heterocycles. The van der Waals surface area contributed by atoms with Crippen LogP contribution in [0.1, 0.15) is 57.4 Å². The molecular weight excluding hydrogens is 360 g/mol. The van der Waals surface area contributed by atoms with Gasteiger partial charge >= 0.3 is 11.9 Å². The molecule has 0 saturated heterocycles. The van der Waals surface area contributed by atoms with Gasteiger partial charge in [0.15, 0.2) is 0 Å². The summed E-state index contributed by atoms with van der Waals surface area (Å²) in [6.07, 6.45) is 7.85. The third-order valence-corrected chi connectivity index (χ3v) is 4.61. The number of ether oxygens (including phenoxy) is 3. The van der Waals surface area contributed by atoms with Crippen LogP contribution in [-0.4, -0.2) is 43.8 Å². The van der Waals surface area contributed by atoms with E-state index in [-0.39, 0.29) is 30.6 Å². The van der Waals surface area contributed by atoms with Crippen molar-refractivity contribution in [2.75, 3.05) is 26.9 Å². The Hall–Kier alpha value is -2.51. The van der Waals surface area contributed by atoms with Crippen molar-refractivity contribution in [3.8, 4) is 0 Å². The molecule has 0 fully saturated rings. The smallest absolute Gasteiger partial charge is 0.340 e. The van der Waals surface area contributed by atoms with Crippen molar-refractivity contribution in [3.63, 3.8) is 0 Å². The fraction of sp³-hybridized carbons (Fsp3) is 0.476. The SMILES string of the molecule is CCOC(=O)c1c(COCCN)nc(C)c(C(=O)OC)c1C1C=CC=CC1C. The van der Waals surface area contributed by atoms with Crippen LogP contribution in [0.25, 0.3) is 0 Å². The average molecular weight is 388 g/mol. The van der Waals surface area contributed by atoms with Crippen LogP contribution >= 0.6 is 0 Å². The van der Waals surface area contributed by atoms with Crippen molar-refractivity contribution in [2.24, 2.45) is 11.7 Å². The van der Waals surface area contributed by atoms with E-state index in [0.29, 0.717) is 35.7 Å². The molecular formula is C21H28N2O5. The van der Waals surface area contributed by atoms with Crippen molar-refractivity contribution < 1.29 is 23.8 Å². The second-order valence-electron chi connectivity index (χ2n) is 6.52. The van der Waals surface area contributed by atoms with Crippen LogP contribution in [0.3, 0.4) is 0 Å². The zero-order valence-corrected chi connectivity index (χ0v) is 16.9. The number of nitrogens with zero attached hydrogens (tertiary/aromatic N) is 1. The number of nitrogens with two attached hydrogens (primary N) is 1. The van der Waals surface area contributed by atoms with Gasteiger partial charge in [-0.1, -0.05) is 31.2 Å². The maximum atomic E-state index is 12.9. The van der Waals surface area contributed by atoms with Crippen LogP contribution < -0.4 is 5.73 Å². The second kappa shape index (κ2) is 10.1. The molecule has 0 spiro atoms. The molecule has 1 aromatic rings. The first-order valence-corrected chi connectivity index (χ1v) is 9.37. The van der Waals surface area contributed by atoms with Gasteiger partial charge in [0.05, 0.1) is 49.4 Å². The molecule has 2 rings (SSSR count). The Labute approximate surface area is 165 Å². The van der Waals surface area contributed by atoms with E-state index in [1.54, 1.807) is 13.8 Å². The monoisotopic (exact) mass is 388 g/mol. The lowest BCUT2D eigenvalue weighted by Crippen LogP contribution is -2.24. The number of carbonyl (C=O) groups is 2. The van der Waals surface area contributed by atoms with E-state index in [1.165, 1.54) is 7.11 Å². The molecule has 2 unspecified atom stereocenters. The summed E-state index contributed by atoms with van der Waals surface area (Å²) < 4.78 is 15.8. The molecule has 0 radical (unpaired) electrons. The van der Waals surface area contributed by atoms with E-state index in [2.05, 4.69) is 4.98 Å². The molecule has 1 heterocycles. The maximum Gasteiger partial charge on any atom is 0.340 e. The Kier molecular flexibility index (Phi) is 7.90. The van der Waals surface area contributed by atoms with Gasteiger partial charge in [0, 0.05) is 12.5 Å². The minimum atomic E-state index is -0.532. The van der Waals surface area contributed by atoms with Gasteiger partial charge in [-0.05, 0) is 25.3 Å². The van der Waals surface area contributed by atoms with Crippen LogP contribution in [-0.2, 0) is 20.8 Å². The van der Waals surface area contributed by atoms with Gasteiger partial charge < -0.3 is 19.9 Å². The van der Waals surface area contributed by atoms with Gasteiger partial charge in [-0.25, -0.2) is 9.59 Å². The predicted octanol–water partition coefficient (Wildman–Crippen LogP) is 2.67. The fourth-order valence-electron chi connectivity index (χ4n) is 3.35. The standard InChI is InChI=1S/C21H28N2O5/c1-5-28-21(25)19-16(12-27-11-10-22)23-14(3)17(20(24)26-4)18(19)15-9-7-6-8-13(15)2/h6-9,13,15H,5,10-12,22H2,1-4H3. The zero-order chi connectivity index (χ0) is 20.7. The summed E-state index contributed by atoms with van der Waals surface area (Å²) in [5.41, 5.74) is 7.54. The van der Waals surface area contributed by atoms with Crippen molar-refractivity contribution in [3.05, 3.63) is 52.4 Å². The third-order valence-electron chi connectivity index (χ3n) is 4.61. The number of carbonyl (C=O) groups excluding carboxylic acids is 2. The van der Waals surface area contributed by atoms with E-state index >= 15 is 0 Å². The highest BCUT2D eigenvalue weighted by atomic mass is 16.5. The number of esters is 2. The lowest BCUT2D eigenvalue weighted by Gasteiger charge is -2.27. The number of aryl methyl sites for hydroxylation is 1. The number of methoxy groups -OCH3 is 1. The van der Waals surface area contributed by atoms with E-state index in [1.807, 2.05) is 31.2 Å². The molecule has 0 aromatic carbocycles. The van der Waals surface area contributed by atoms with Gasteiger partial charge in [0.25, 0.3) is 0 Å². The number of aromatic nitrogens is 1.